The lowest BCUT2D eigenvalue weighted by Crippen LogP contribution is -2.13. The molecule has 0 saturated heterocycles. The fourth-order valence-corrected chi connectivity index (χ4v) is 2.27. The third kappa shape index (κ3) is 3.61. The van der Waals surface area contributed by atoms with Crippen molar-refractivity contribution in [2.45, 2.75) is 46.1 Å². The van der Waals surface area contributed by atoms with Crippen LogP contribution in [0.3, 0.4) is 0 Å². The summed E-state index contributed by atoms with van der Waals surface area (Å²) in [5.74, 6) is 1.44. The molecule has 0 aliphatic rings. The van der Waals surface area contributed by atoms with Crippen LogP contribution >= 0.6 is 0 Å². The van der Waals surface area contributed by atoms with Gasteiger partial charge in [-0.05, 0) is 37.0 Å². The van der Waals surface area contributed by atoms with E-state index in [4.69, 9.17) is 10.5 Å². The first-order chi connectivity index (χ1) is 9.79. The van der Waals surface area contributed by atoms with Gasteiger partial charge in [-0.1, -0.05) is 39.0 Å². The summed E-state index contributed by atoms with van der Waals surface area (Å²) in [6, 6.07) is 10.0. The van der Waals surface area contributed by atoms with Crippen LogP contribution in [0.2, 0.25) is 0 Å². The Bertz CT molecular complexity index is 627. The van der Waals surface area contributed by atoms with E-state index in [1.165, 1.54) is 0 Å². The third-order valence-corrected chi connectivity index (χ3v) is 3.44. The van der Waals surface area contributed by atoms with Gasteiger partial charge in [0.15, 0.2) is 0 Å². The first-order valence-corrected chi connectivity index (χ1v) is 7.28. The summed E-state index contributed by atoms with van der Waals surface area (Å²) in [6.45, 7) is 10.5. The van der Waals surface area contributed by atoms with Crippen molar-refractivity contribution in [3.63, 3.8) is 0 Å². The van der Waals surface area contributed by atoms with Crippen molar-refractivity contribution in [3.8, 4) is 11.6 Å². The SMILES string of the molecule is Cc1ccc(C(C)(C)C)c(Oc2ncccc2C(C)N)c1. The van der Waals surface area contributed by atoms with Crippen LogP contribution in [0.4, 0.5) is 0 Å². The number of aromatic nitrogens is 1. The fraction of sp³-hybridized carbons (Fsp3) is 0.389. The predicted molar refractivity (Wildman–Crippen MR) is 86.8 cm³/mol. The summed E-state index contributed by atoms with van der Waals surface area (Å²) in [4.78, 5) is 4.35. The lowest BCUT2D eigenvalue weighted by molar-refractivity contribution is 0.431. The van der Waals surface area contributed by atoms with E-state index in [0.29, 0.717) is 5.88 Å². The fourth-order valence-electron chi connectivity index (χ4n) is 2.27. The molecule has 112 valence electrons. The largest absolute Gasteiger partial charge is 0.438 e. The van der Waals surface area contributed by atoms with E-state index in [-0.39, 0.29) is 11.5 Å². The highest BCUT2D eigenvalue weighted by Gasteiger charge is 2.20. The Labute approximate surface area is 127 Å². The Morgan fingerprint density at radius 1 is 1.19 bits per heavy atom. The van der Waals surface area contributed by atoms with Crippen molar-refractivity contribution in [3.05, 3.63) is 53.2 Å². The molecule has 1 atom stereocenters. The van der Waals surface area contributed by atoms with Gasteiger partial charge in [-0.25, -0.2) is 4.98 Å². The normalized spacial score (nSPS) is 13.0. The summed E-state index contributed by atoms with van der Waals surface area (Å²) >= 11 is 0. The molecule has 0 aliphatic carbocycles. The molecule has 0 aliphatic heterocycles. The zero-order valence-corrected chi connectivity index (χ0v) is 13.5. The van der Waals surface area contributed by atoms with Crippen LogP contribution in [-0.2, 0) is 5.41 Å². The van der Waals surface area contributed by atoms with Crippen LogP contribution in [0.25, 0.3) is 0 Å². The number of nitrogens with two attached hydrogens (primary N) is 1. The highest BCUT2D eigenvalue weighted by molar-refractivity contribution is 5.44. The zero-order valence-electron chi connectivity index (χ0n) is 13.5. The molecule has 0 saturated carbocycles. The molecule has 0 amide bonds. The lowest BCUT2D eigenvalue weighted by atomic mass is 9.86. The van der Waals surface area contributed by atoms with Crippen LogP contribution in [-0.4, -0.2) is 4.98 Å². The molecule has 2 N–H and O–H groups in total. The summed E-state index contributed by atoms with van der Waals surface area (Å²) in [5.41, 5.74) is 9.25. The number of aryl methyl sites for hydroxylation is 1. The first kappa shape index (κ1) is 15.5. The average Bonchev–Trinajstić information content (AvgIpc) is 2.37. The Hall–Kier alpha value is -1.87. The maximum Gasteiger partial charge on any atom is 0.223 e. The molecule has 2 aromatic rings. The second kappa shape index (κ2) is 5.86. The van der Waals surface area contributed by atoms with Gasteiger partial charge in [0.25, 0.3) is 0 Å². The number of hydrogen-bond donors (Lipinski definition) is 1. The summed E-state index contributed by atoms with van der Waals surface area (Å²) in [5, 5.41) is 0. The van der Waals surface area contributed by atoms with E-state index < -0.39 is 0 Å². The standard InChI is InChI=1S/C18H24N2O/c1-12-8-9-15(18(3,4)5)16(11-12)21-17-14(13(2)19)7-6-10-20-17/h6-11,13H,19H2,1-5H3. The highest BCUT2D eigenvalue weighted by atomic mass is 16.5. The van der Waals surface area contributed by atoms with Crippen molar-refractivity contribution in [2.24, 2.45) is 5.73 Å². The van der Waals surface area contributed by atoms with Crippen molar-refractivity contribution >= 4 is 0 Å². The summed E-state index contributed by atoms with van der Waals surface area (Å²) < 4.78 is 6.12. The number of ether oxygens (including phenoxy) is 1. The summed E-state index contributed by atoms with van der Waals surface area (Å²) in [6.07, 6.45) is 1.73. The maximum atomic E-state index is 6.12. The van der Waals surface area contributed by atoms with Crippen LogP contribution in [0.1, 0.15) is 50.4 Å². The Morgan fingerprint density at radius 2 is 1.90 bits per heavy atom. The van der Waals surface area contributed by atoms with Gasteiger partial charge in [0.1, 0.15) is 5.75 Å². The minimum absolute atomic E-state index is 0.00626. The van der Waals surface area contributed by atoms with Crippen LogP contribution in [0.15, 0.2) is 36.5 Å². The van der Waals surface area contributed by atoms with E-state index in [1.807, 2.05) is 19.1 Å². The second-order valence-corrected chi connectivity index (χ2v) is 6.54. The van der Waals surface area contributed by atoms with Gasteiger partial charge in [0.2, 0.25) is 5.88 Å². The molecule has 3 nitrogen and oxygen atoms in total. The van der Waals surface area contributed by atoms with Gasteiger partial charge in [-0.2, -0.15) is 0 Å². The van der Waals surface area contributed by atoms with Crippen LogP contribution in [0.5, 0.6) is 11.6 Å². The Balaban J connectivity index is 2.47. The average molecular weight is 284 g/mol. The van der Waals surface area contributed by atoms with E-state index in [1.54, 1.807) is 6.20 Å². The summed E-state index contributed by atoms with van der Waals surface area (Å²) in [7, 11) is 0. The van der Waals surface area contributed by atoms with Crippen molar-refractivity contribution < 1.29 is 4.74 Å². The molecule has 0 radical (unpaired) electrons. The number of rotatable bonds is 3. The molecular weight excluding hydrogens is 260 g/mol. The van der Waals surface area contributed by atoms with Gasteiger partial charge in [-0.15, -0.1) is 0 Å². The number of hydrogen-bond acceptors (Lipinski definition) is 3. The topological polar surface area (TPSA) is 48.1 Å². The molecule has 3 heteroatoms. The Kier molecular flexibility index (Phi) is 4.33. The molecule has 0 spiro atoms. The molecule has 0 bridgehead atoms. The predicted octanol–water partition coefficient (Wildman–Crippen LogP) is 4.50. The number of nitrogens with zero attached hydrogens (tertiary/aromatic N) is 1. The minimum atomic E-state index is -0.114. The van der Waals surface area contributed by atoms with E-state index in [9.17, 15) is 0 Å². The maximum absolute atomic E-state index is 6.12. The molecule has 1 aromatic heterocycles. The van der Waals surface area contributed by atoms with Gasteiger partial charge in [0, 0.05) is 23.4 Å². The van der Waals surface area contributed by atoms with Crippen LogP contribution in [0, 0.1) is 6.92 Å². The first-order valence-electron chi connectivity index (χ1n) is 7.28. The lowest BCUT2D eigenvalue weighted by Gasteiger charge is -2.23. The second-order valence-electron chi connectivity index (χ2n) is 6.54. The number of pyridine rings is 1. The van der Waals surface area contributed by atoms with Crippen LogP contribution < -0.4 is 10.5 Å². The molecule has 1 unspecified atom stereocenters. The van der Waals surface area contributed by atoms with E-state index in [0.717, 1.165) is 22.4 Å². The molecule has 1 heterocycles. The zero-order chi connectivity index (χ0) is 15.6. The number of benzene rings is 1. The molecule has 2 rings (SSSR count). The molecular formula is C18H24N2O. The van der Waals surface area contributed by atoms with Gasteiger partial charge in [-0.3, -0.25) is 0 Å². The third-order valence-electron chi connectivity index (χ3n) is 3.44. The quantitative estimate of drug-likeness (QED) is 0.902. The minimum Gasteiger partial charge on any atom is -0.438 e. The van der Waals surface area contributed by atoms with Gasteiger partial charge < -0.3 is 10.5 Å². The molecule has 21 heavy (non-hydrogen) atoms. The molecule has 0 fully saturated rings. The van der Waals surface area contributed by atoms with E-state index >= 15 is 0 Å². The highest BCUT2D eigenvalue weighted by Crippen LogP contribution is 2.35. The molecule has 1 aromatic carbocycles. The monoisotopic (exact) mass is 284 g/mol. The Morgan fingerprint density at radius 3 is 2.52 bits per heavy atom. The van der Waals surface area contributed by atoms with Gasteiger partial charge >= 0.3 is 0 Å². The smallest absolute Gasteiger partial charge is 0.223 e. The van der Waals surface area contributed by atoms with E-state index in [2.05, 4.69) is 50.9 Å². The van der Waals surface area contributed by atoms with Gasteiger partial charge in [0.05, 0.1) is 0 Å². The van der Waals surface area contributed by atoms with Crippen molar-refractivity contribution in [1.82, 2.24) is 4.98 Å². The van der Waals surface area contributed by atoms with Crippen molar-refractivity contribution in [2.75, 3.05) is 0 Å². The van der Waals surface area contributed by atoms with Crippen molar-refractivity contribution in [1.29, 1.82) is 0 Å².